The largest absolute Gasteiger partial charge is 0.295 e. The number of pyridine rings is 1. The third kappa shape index (κ3) is 1.55. The second-order valence-corrected chi connectivity index (χ2v) is 3.53. The number of rotatable bonds is 1. The van der Waals surface area contributed by atoms with Crippen molar-refractivity contribution in [2.24, 2.45) is 5.84 Å². The number of carbonyl (C=O) groups excluding carboxylic acids is 1. The first-order chi connectivity index (χ1) is 7.13. The molecule has 0 bridgehead atoms. The van der Waals surface area contributed by atoms with E-state index in [1.165, 1.54) is 0 Å². The van der Waals surface area contributed by atoms with Crippen molar-refractivity contribution in [1.29, 1.82) is 0 Å². The highest BCUT2D eigenvalue weighted by Crippen LogP contribution is 2.16. The second kappa shape index (κ2) is 3.52. The molecule has 2 aromatic heterocycles. The van der Waals surface area contributed by atoms with Gasteiger partial charge in [-0.3, -0.25) is 14.6 Å². The Morgan fingerprint density at radius 1 is 1.67 bits per heavy atom. The van der Waals surface area contributed by atoms with Gasteiger partial charge in [0, 0.05) is 17.3 Å². The molecule has 2 aromatic rings. The molecule has 1 amide bonds. The van der Waals surface area contributed by atoms with Crippen LogP contribution in [0.15, 0.2) is 18.3 Å². The standard InChI is InChI=1S/C9H9ClN4O/c1-5-8(9(15)13-11)14-3-2-6(10)4-7(14)12-5/h2-4H,11H2,1H3,(H,13,15). The second-order valence-electron chi connectivity index (χ2n) is 3.09. The fourth-order valence-corrected chi connectivity index (χ4v) is 1.63. The Bertz CT molecular complexity index is 534. The fraction of sp³-hybridized carbons (Fsp3) is 0.111. The van der Waals surface area contributed by atoms with Gasteiger partial charge in [-0.25, -0.2) is 10.8 Å². The Morgan fingerprint density at radius 2 is 2.40 bits per heavy atom. The lowest BCUT2D eigenvalue weighted by Gasteiger charge is -2.00. The number of fused-ring (bicyclic) bond motifs is 1. The van der Waals surface area contributed by atoms with Crippen molar-refractivity contribution in [2.45, 2.75) is 6.92 Å². The molecule has 3 N–H and O–H groups in total. The summed E-state index contributed by atoms with van der Waals surface area (Å²) < 4.78 is 1.64. The average Bonchev–Trinajstić information content (AvgIpc) is 2.52. The summed E-state index contributed by atoms with van der Waals surface area (Å²) >= 11 is 5.82. The third-order valence-corrected chi connectivity index (χ3v) is 2.34. The van der Waals surface area contributed by atoms with Crippen molar-refractivity contribution in [1.82, 2.24) is 14.8 Å². The summed E-state index contributed by atoms with van der Waals surface area (Å²) in [6.45, 7) is 1.74. The number of hydrogen-bond donors (Lipinski definition) is 2. The Labute approximate surface area is 90.8 Å². The zero-order valence-electron chi connectivity index (χ0n) is 7.99. The smallest absolute Gasteiger partial charge is 0.284 e. The van der Waals surface area contributed by atoms with Gasteiger partial charge < -0.3 is 0 Å². The highest BCUT2D eigenvalue weighted by Gasteiger charge is 2.15. The van der Waals surface area contributed by atoms with E-state index in [-0.39, 0.29) is 5.91 Å². The summed E-state index contributed by atoms with van der Waals surface area (Å²) in [5.74, 6) is 4.71. The lowest BCUT2D eigenvalue weighted by atomic mass is 10.3. The topological polar surface area (TPSA) is 72.4 Å². The third-order valence-electron chi connectivity index (χ3n) is 2.11. The normalized spacial score (nSPS) is 10.6. The summed E-state index contributed by atoms with van der Waals surface area (Å²) in [5, 5.41) is 0.576. The molecule has 2 heterocycles. The summed E-state index contributed by atoms with van der Waals surface area (Å²) in [6, 6.07) is 3.37. The van der Waals surface area contributed by atoms with Gasteiger partial charge in [-0.2, -0.15) is 0 Å². The van der Waals surface area contributed by atoms with E-state index in [1.807, 2.05) is 0 Å². The molecule has 0 aliphatic rings. The van der Waals surface area contributed by atoms with Crippen molar-refractivity contribution in [3.63, 3.8) is 0 Å². The molecule has 0 atom stereocenters. The van der Waals surface area contributed by atoms with E-state index in [0.29, 0.717) is 22.1 Å². The van der Waals surface area contributed by atoms with E-state index in [2.05, 4.69) is 10.4 Å². The van der Waals surface area contributed by atoms with Gasteiger partial charge in [0.25, 0.3) is 5.91 Å². The number of imidazole rings is 1. The number of nitrogens with two attached hydrogens (primary N) is 1. The highest BCUT2D eigenvalue weighted by molar-refractivity contribution is 6.30. The van der Waals surface area contributed by atoms with Crippen molar-refractivity contribution in [3.8, 4) is 0 Å². The SMILES string of the molecule is Cc1nc2cc(Cl)ccn2c1C(=O)NN. The van der Waals surface area contributed by atoms with Crippen LogP contribution < -0.4 is 11.3 Å². The predicted octanol–water partition coefficient (Wildman–Crippen LogP) is 0.900. The molecule has 78 valence electrons. The molecular weight excluding hydrogens is 216 g/mol. The number of halogens is 1. The Morgan fingerprint density at radius 3 is 3.07 bits per heavy atom. The number of hydrazine groups is 1. The van der Waals surface area contributed by atoms with Gasteiger partial charge in [-0.05, 0) is 13.0 Å². The minimum Gasteiger partial charge on any atom is -0.295 e. The van der Waals surface area contributed by atoms with Crippen LogP contribution >= 0.6 is 11.6 Å². The minimum atomic E-state index is -0.373. The molecule has 5 nitrogen and oxygen atoms in total. The molecule has 0 aliphatic heterocycles. The van der Waals surface area contributed by atoms with Gasteiger partial charge in [-0.15, -0.1) is 0 Å². The minimum absolute atomic E-state index is 0.373. The van der Waals surface area contributed by atoms with Crippen LogP contribution in [0.1, 0.15) is 16.2 Å². The Balaban J connectivity index is 2.73. The molecule has 0 saturated carbocycles. The van der Waals surface area contributed by atoms with E-state index < -0.39 is 0 Å². The molecule has 2 rings (SSSR count). The van der Waals surface area contributed by atoms with Crippen LogP contribution in [0.3, 0.4) is 0 Å². The lowest BCUT2D eigenvalue weighted by Crippen LogP contribution is -2.31. The maximum absolute atomic E-state index is 11.5. The van der Waals surface area contributed by atoms with Gasteiger partial charge >= 0.3 is 0 Å². The fourth-order valence-electron chi connectivity index (χ4n) is 1.48. The molecule has 0 radical (unpaired) electrons. The molecule has 0 aromatic carbocycles. The van der Waals surface area contributed by atoms with Crippen LogP contribution in [0.4, 0.5) is 0 Å². The summed E-state index contributed by atoms with van der Waals surface area (Å²) in [7, 11) is 0. The van der Waals surface area contributed by atoms with E-state index in [1.54, 1.807) is 29.7 Å². The molecule has 0 spiro atoms. The van der Waals surface area contributed by atoms with Crippen molar-refractivity contribution in [2.75, 3.05) is 0 Å². The number of nitrogen functional groups attached to an aromatic ring is 1. The number of carbonyl (C=O) groups is 1. The van der Waals surface area contributed by atoms with Gasteiger partial charge in [0.1, 0.15) is 11.3 Å². The summed E-state index contributed by atoms with van der Waals surface area (Å²) in [6.07, 6.45) is 1.68. The lowest BCUT2D eigenvalue weighted by molar-refractivity contribution is 0.0947. The predicted molar refractivity (Wildman–Crippen MR) is 56.6 cm³/mol. The van der Waals surface area contributed by atoms with Gasteiger partial charge in [0.2, 0.25) is 0 Å². The van der Waals surface area contributed by atoms with Gasteiger partial charge in [0.05, 0.1) is 5.69 Å². The quantitative estimate of drug-likeness (QED) is 0.430. The maximum Gasteiger partial charge on any atom is 0.284 e. The van der Waals surface area contributed by atoms with Gasteiger partial charge in [-0.1, -0.05) is 11.6 Å². The van der Waals surface area contributed by atoms with Crippen LogP contribution in [-0.2, 0) is 0 Å². The molecule has 15 heavy (non-hydrogen) atoms. The number of nitrogens with zero attached hydrogens (tertiary/aromatic N) is 2. The molecular formula is C9H9ClN4O. The Kier molecular flexibility index (Phi) is 2.34. The zero-order chi connectivity index (χ0) is 11.0. The van der Waals surface area contributed by atoms with E-state index >= 15 is 0 Å². The molecule has 0 fully saturated rings. The first-order valence-electron chi connectivity index (χ1n) is 4.28. The van der Waals surface area contributed by atoms with Crippen molar-refractivity contribution in [3.05, 3.63) is 34.7 Å². The highest BCUT2D eigenvalue weighted by atomic mass is 35.5. The van der Waals surface area contributed by atoms with Crippen LogP contribution in [0.25, 0.3) is 5.65 Å². The van der Waals surface area contributed by atoms with Gasteiger partial charge in [0.15, 0.2) is 0 Å². The molecule has 6 heteroatoms. The molecule has 0 unspecified atom stereocenters. The molecule has 0 aliphatic carbocycles. The zero-order valence-corrected chi connectivity index (χ0v) is 8.75. The first-order valence-corrected chi connectivity index (χ1v) is 4.66. The van der Waals surface area contributed by atoms with E-state index in [9.17, 15) is 4.79 Å². The van der Waals surface area contributed by atoms with E-state index in [4.69, 9.17) is 17.4 Å². The first kappa shape index (κ1) is 9.95. The number of aryl methyl sites for hydroxylation is 1. The van der Waals surface area contributed by atoms with Crippen LogP contribution in [0, 0.1) is 6.92 Å². The number of amides is 1. The van der Waals surface area contributed by atoms with Crippen molar-refractivity contribution >= 4 is 23.2 Å². The average molecular weight is 225 g/mol. The monoisotopic (exact) mass is 224 g/mol. The number of nitrogens with one attached hydrogen (secondary N) is 1. The Hall–Kier alpha value is -1.59. The van der Waals surface area contributed by atoms with Crippen molar-refractivity contribution < 1.29 is 4.79 Å². The van der Waals surface area contributed by atoms with E-state index in [0.717, 1.165) is 0 Å². The number of hydrogen-bond acceptors (Lipinski definition) is 3. The summed E-state index contributed by atoms with van der Waals surface area (Å²) in [4.78, 5) is 15.7. The molecule has 0 saturated heterocycles. The summed E-state index contributed by atoms with van der Waals surface area (Å²) in [5.41, 5.74) is 3.74. The van der Waals surface area contributed by atoms with Crippen LogP contribution in [-0.4, -0.2) is 15.3 Å². The van der Waals surface area contributed by atoms with Crippen LogP contribution in [0.5, 0.6) is 0 Å². The maximum atomic E-state index is 11.5. The van der Waals surface area contributed by atoms with Crippen LogP contribution in [0.2, 0.25) is 5.02 Å². The number of aromatic nitrogens is 2.